The summed E-state index contributed by atoms with van der Waals surface area (Å²) in [6.07, 6.45) is 3.85. The lowest BCUT2D eigenvalue weighted by atomic mass is 9.98. The summed E-state index contributed by atoms with van der Waals surface area (Å²) in [5.41, 5.74) is 5.58. The van der Waals surface area contributed by atoms with Crippen molar-refractivity contribution < 1.29 is 4.79 Å². The van der Waals surface area contributed by atoms with Gasteiger partial charge in [-0.3, -0.25) is 4.79 Å². The third kappa shape index (κ3) is 4.66. The summed E-state index contributed by atoms with van der Waals surface area (Å²) in [6, 6.07) is 0. The standard InChI is InChI=1S/C16H32N4O/c1-3-19-8-10-20(11-9-19)13-14(2)12-18-15(21)16(17)6-4-5-7-16/h14H,3-13,17H2,1-2H3,(H,18,21). The second kappa shape index (κ2) is 7.56. The molecule has 1 saturated carbocycles. The largest absolute Gasteiger partial charge is 0.354 e. The van der Waals surface area contributed by atoms with Crippen molar-refractivity contribution >= 4 is 5.91 Å². The minimum absolute atomic E-state index is 0.0580. The number of nitrogens with one attached hydrogen (secondary N) is 1. The van der Waals surface area contributed by atoms with Crippen molar-refractivity contribution in [1.82, 2.24) is 15.1 Å². The van der Waals surface area contributed by atoms with Crippen LogP contribution in [-0.4, -0.2) is 67.1 Å². The van der Waals surface area contributed by atoms with Gasteiger partial charge >= 0.3 is 0 Å². The van der Waals surface area contributed by atoms with Gasteiger partial charge in [0.1, 0.15) is 0 Å². The van der Waals surface area contributed by atoms with E-state index in [1.807, 2.05) is 0 Å². The molecule has 122 valence electrons. The second-order valence-electron chi connectivity index (χ2n) is 6.91. The zero-order valence-corrected chi connectivity index (χ0v) is 13.7. The van der Waals surface area contributed by atoms with Gasteiger partial charge in [-0.1, -0.05) is 26.7 Å². The molecular weight excluding hydrogens is 264 g/mol. The number of hydrogen-bond donors (Lipinski definition) is 2. The molecule has 0 aromatic heterocycles. The third-order valence-electron chi connectivity index (χ3n) is 5.04. The van der Waals surface area contributed by atoms with Crippen LogP contribution in [-0.2, 0) is 4.79 Å². The number of carbonyl (C=O) groups is 1. The maximum atomic E-state index is 12.2. The van der Waals surface area contributed by atoms with Crippen LogP contribution in [0.3, 0.4) is 0 Å². The van der Waals surface area contributed by atoms with Crippen molar-refractivity contribution in [2.45, 2.75) is 45.1 Å². The van der Waals surface area contributed by atoms with Gasteiger partial charge < -0.3 is 20.9 Å². The zero-order chi connectivity index (χ0) is 15.3. The van der Waals surface area contributed by atoms with E-state index in [2.05, 4.69) is 29.0 Å². The fourth-order valence-corrected chi connectivity index (χ4v) is 3.47. The smallest absolute Gasteiger partial charge is 0.240 e. The Morgan fingerprint density at radius 1 is 1.19 bits per heavy atom. The van der Waals surface area contributed by atoms with Crippen molar-refractivity contribution in [2.24, 2.45) is 11.7 Å². The van der Waals surface area contributed by atoms with Crippen LogP contribution in [0.2, 0.25) is 0 Å². The average molecular weight is 296 g/mol. The molecular formula is C16H32N4O. The van der Waals surface area contributed by atoms with Crippen LogP contribution < -0.4 is 11.1 Å². The Hall–Kier alpha value is -0.650. The van der Waals surface area contributed by atoms with Crippen molar-refractivity contribution in [2.75, 3.05) is 45.8 Å². The highest BCUT2D eigenvalue weighted by Gasteiger charge is 2.36. The quantitative estimate of drug-likeness (QED) is 0.755. The van der Waals surface area contributed by atoms with Gasteiger partial charge in [0.15, 0.2) is 0 Å². The summed E-state index contributed by atoms with van der Waals surface area (Å²) in [5.74, 6) is 0.537. The minimum atomic E-state index is -0.591. The van der Waals surface area contributed by atoms with E-state index in [0.29, 0.717) is 5.92 Å². The van der Waals surface area contributed by atoms with Crippen LogP contribution in [0.15, 0.2) is 0 Å². The molecule has 0 aromatic rings. The molecule has 0 radical (unpaired) electrons. The molecule has 0 bridgehead atoms. The predicted octanol–water partition coefficient (Wildman–Crippen LogP) is 0.648. The van der Waals surface area contributed by atoms with E-state index < -0.39 is 5.54 Å². The van der Waals surface area contributed by atoms with Crippen molar-refractivity contribution in [3.05, 3.63) is 0 Å². The van der Waals surface area contributed by atoms with Gasteiger partial charge in [-0.15, -0.1) is 0 Å². The van der Waals surface area contributed by atoms with E-state index in [0.717, 1.165) is 58.4 Å². The minimum Gasteiger partial charge on any atom is -0.354 e. The highest BCUT2D eigenvalue weighted by Crippen LogP contribution is 2.27. The van der Waals surface area contributed by atoms with E-state index in [-0.39, 0.29) is 5.91 Å². The highest BCUT2D eigenvalue weighted by atomic mass is 16.2. The zero-order valence-electron chi connectivity index (χ0n) is 13.7. The maximum Gasteiger partial charge on any atom is 0.240 e. The molecule has 1 amide bonds. The Morgan fingerprint density at radius 3 is 2.33 bits per heavy atom. The number of rotatable bonds is 6. The Labute approximate surface area is 129 Å². The van der Waals surface area contributed by atoms with Crippen molar-refractivity contribution in [3.63, 3.8) is 0 Å². The summed E-state index contributed by atoms with van der Waals surface area (Å²) < 4.78 is 0. The lowest BCUT2D eigenvalue weighted by Gasteiger charge is -2.35. The lowest BCUT2D eigenvalue weighted by Crippen LogP contribution is -2.53. The van der Waals surface area contributed by atoms with Crippen molar-refractivity contribution in [1.29, 1.82) is 0 Å². The summed E-state index contributed by atoms with van der Waals surface area (Å²) in [7, 11) is 0. The molecule has 1 aliphatic carbocycles. The number of hydrogen-bond acceptors (Lipinski definition) is 4. The van der Waals surface area contributed by atoms with E-state index in [4.69, 9.17) is 5.73 Å². The Bertz CT molecular complexity index is 333. The maximum absolute atomic E-state index is 12.2. The molecule has 1 aliphatic heterocycles. The van der Waals surface area contributed by atoms with Gasteiger partial charge in [0.2, 0.25) is 5.91 Å². The predicted molar refractivity (Wildman–Crippen MR) is 86.1 cm³/mol. The van der Waals surface area contributed by atoms with Gasteiger partial charge in [0, 0.05) is 39.3 Å². The summed E-state index contributed by atoms with van der Waals surface area (Å²) in [4.78, 5) is 17.2. The second-order valence-corrected chi connectivity index (χ2v) is 6.91. The molecule has 3 N–H and O–H groups in total. The molecule has 5 heteroatoms. The molecule has 2 rings (SSSR count). The van der Waals surface area contributed by atoms with Crippen LogP contribution in [0.25, 0.3) is 0 Å². The Morgan fingerprint density at radius 2 is 1.76 bits per heavy atom. The molecule has 1 atom stereocenters. The molecule has 1 heterocycles. The SMILES string of the molecule is CCN1CCN(CC(C)CNC(=O)C2(N)CCCC2)CC1. The van der Waals surface area contributed by atoms with Gasteiger partial charge in [0.25, 0.3) is 0 Å². The monoisotopic (exact) mass is 296 g/mol. The number of piperazine rings is 1. The number of nitrogens with zero attached hydrogens (tertiary/aromatic N) is 2. The third-order valence-corrected chi connectivity index (χ3v) is 5.04. The van der Waals surface area contributed by atoms with Crippen LogP contribution in [0.1, 0.15) is 39.5 Å². The van der Waals surface area contributed by atoms with E-state index in [9.17, 15) is 4.79 Å². The molecule has 1 unspecified atom stereocenters. The van der Waals surface area contributed by atoms with E-state index in [1.165, 1.54) is 13.1 Å². The van der Waals surface area contributed by atoms with Crippen LogP contribution >= 0.6 is 0 Å². The molecule has 21 heavy (non-hydrogen) atoms. The molecule has 1 saturated heterocycles. The molecule has 0 spiro atoms. The van der Waals surface area contributed by atoms with E-state index in [1.54, 1.807) is 0 Å². The van der Waals surface area contributed by atoms with Crippen LogP contribution in [0.5, 0.6) is 0 Å². The highest BCUT2D eigenvalue weighted by molar-refractivity contribution is 5.86. The Kier molecular flexibility index (Phi) is 6.02. The van der Waals surface area contributed by atoms with Crippen molar-refractivity contribution in [3.8, 4) is 0 Å². The van der Waals surface area contributed by atoms with Gasteiger partial charge in [-0.25, -0.2) is 0 Å². The number of amides is 1. The fraction of sp³-hybridized carbons (Fsp3) is 0.938. The average Bonchev–Trinajstić information content (AvgIpc) is 2.94. The number of nitrogens with two attached hydrogens (primary N) is 1. The van der Waals surface area contributed by atoms with Gasteiger partial charge in [0.05, 0.1) is 5.54 Å². The lowest BCUT2D eigenvalue weighted by molar-refractivity contribution is -0.126. The summed E-state index contributed by atoms with van der Waals surface area (Å²) in [6.45, 7) is 12.0. The first-order chi connectivity index (χ1) is 10.0. The van der Waals surface area contributed by atoms with Gasteiger partial charge in [-0.2, -0.15) is 0 Å². The topological polar surface area (TPSA) is 61.6 Å². The first kappa shape index (κ1) is 16.7. The molecule has 5 nitrogen and oxygen atoms in total. The van der Waals surface area contributed by atoms with Gasteiger partial charge in [-0.05, 0) is 25.3 Å². The van der Waals surface area contributed by atoms with E-state index >= 15 is 0 Å². The first-order valence-electron chi connectivity index (χ1n) is 8.55. The number of carbonyl (C=O) groups excluding carboxylic acids is 1. The fourth-order valence-electron chi connectivity index (χ4n) is 3.47. The van der Waals surface area contributed by atoms with Crippen LogP contribution in [0, 0.1) is 5.92 Å². The number of likely N-dealkylation sites (N-methyl/N-ethyl adjacent to an activating group) is 1. The molecule has 2 aliphatic rings. The van der Waals surface area contributed by atoms with Crippen LogP contribution in [0.4, 0.5) is 0 Å². The normalized spacial score (nSPS) is 24.9. The summed E-state index contributed by atoms with van der Waals surface area (Å²) >= 11 is 0. The summed E-state index contributed by atoms with van der Waals surface area (Å²) in [5, 5.41) is 3.07. The Balaban J connectivity index is 1.65. The molecule has 2 fully saturated rings. The first-order valence-corrected chi connectivity index (χ1v) is 8.55. The molecule has 0 aromatic carbocycles.